The summed E-state index contributed by atoms with van der Waals surface area (Å²) in [5.41, 5.74) is 16.2. The molecule has 3 rings (SSSR count). The Bertz CT molecular complexity index is 580. The first-order valence-electron chi connectivity index (χ1n) is 6.78. The Hall–Kier alpha value is -1.87. The lowest BCUT2D eigenvalue weighted by molar-refractivity contribution is 0.382. The molecule has 3 heteroatoms. The number of nitrogens with zero attached hydrogens (tertiary/aromatic N) is 1. The van der Waals surface area contributed by atoms with Gasteiger partial charge < -0.3 is 11.5 Å². The minimum atomic E-state index is -0.0259. The van der Waals surface area contributed by atoms with E-state index in [0.717, 1.165) is 24.8 Å². The van der Waals surface area contributed by atoms with Crippen molar-refractivity contribution in [3.8, 4) is 0 Å². The van der Waals surface area contributed by atoms with Crippen molar-refractivity contribution in [2.24, 2.45) is 11.7 Å². The van der Waals surface area contributed by atoms with Gasteiger partial charge in [-0.25, -0.2) is 4.98 Å². The molecule has 2 atom stereocenters. The Balaban J connectivity index is 1.83. The Morgan fingerprint density at radius 1 is 1.11 bits per heavy atom. The van der Waals surface area contributed by atoms with Crippen molar-refractivity contribution in [3.05, 3.63) is 59.3 Å². The summed E-state index contributed by atoms with van der Waals surface area (Å²) >= 11 is 0. The number of hydrogen-bond donors (Lipinski definition) is 2. The van der Waals surface area contributed by atoms with Gasteiger partial charge in [0.25, 0.3) is 0 Å². The maximum atomic E-state index is 6.41. The van der Waals surface area contributed by atoms with Crippen molar-refractivity contribution >= 4 is 5.82 Å². The van der Waals surface area contributed by atoms with Crippen LogP contribution >= 0.6 is 0 Å². The first-order valence-corrected chi connectivity index (χ1v) is 6.78. The molecule has 0 radical (unpaired) electrons. The number of nitrogen functional groups attached to an aromatic ring is 1. The van der Waals surface area contributed by atoms with E-state index in [-0.39, 0.29) is 6.04 Å². The Labute approximate surface area is 113 Å². The molecule has 1 aromatic heterocycles. The van der Waals surface area contributed by atoms with E-state index in [4.69, 9.17) is 11.5 Å². The highest BCUT2D eigenvalue weighted by Crippen LogP contribution is 2.33. The summed E-state index contributed by atoms with van der Waals surface area (Å²) in [6.07, 6.45) is 4.97. The molecule has 1 aromatic carbocycles. The average molecular weight is 253 g/mol. The maximum Gasteiger partial charge on any atom is 0.128 e. The highest BCUT2D eigenvalue weighted by atomic mass is 14.8. The van der Waals surface area contributed by atoms with E-state index in [2.05, 4.69) is 29.2 Å². The van der Waals surface area contributed by atoms with Gasteiger partial charge in [0.1, 0.15) is 5.82 Å². The van der Waals surface area contributed by atoms with Crippen LogP contribution in [0.2, 0.25) is 0 Å². The number of pyridine rings is 1. The van der Waals surface area contributed by atoms with Gasteiger partial charge in [-0.3, -0.25) is 0 Å². The van der Waals surface area contributed by atoms with Crippen LogP contribution in [0.25, 0.3) is 0 Å². The minimum Gasteiger partial charge on any atom is -0.383 e. The minimum absolute atomic E-state index is 0.0259. The molecular formula is C16H19N3. The summed E-state index contributed by atoms with van der Waals surface area (Å²) in [5.74, 6) is 1.01. The van der Waals surface area contributed by atoms with E-state index in [1.54, 1.807) is 6.20 Å². The number of benzene rings is 1. The topological polar surface area (TPSA) is 64.9 Å². The quantitative estimate of drug-likeness (QED) is 0.864. The summed E-state index contributed by atoms with van der Waals surface area (Å²) in [5, 5.41) is 0. The molecule has 3 nitrogen and oxygen atoms in total. The van der Waals surface area contributed by atoms with Gasteiger partial charge in [0.05, 0.1) is 0 Å². The SMILES string of the molecule is Nc1ncccc1C(N)C1CCc2ccccc2C1. The van der Waals surface area contributed by atoms with Gasteiger partial charge >= 0.3 is 0 Å². The Morgan fingerprint density at radius 2 is 1.89 bits per heavy atom. The summed E-state index contributed by atoms with van der Waals surface area (Å²) in [6, 6.07) is 12.5. The Kier molecular flexibility index (Phi) is 3.22. The molecule has 0 fully saturated rings. The largest absolute Gasteiger partial charge is 0.383 e. The molecule has 1 aliphatic carbocycles. The molecule has 1 heterocycles. The van der Waals surface area contributed by atoms with Crippen molar-refractivity contribution in [3.63, 3.8) is 0 Å². The van der Waals surface area contributed by atoms with Gasteiger partial charge in [0.2, 0.25) is 0 Å². The predicted molar refractivity (Wildman–Crippen MR) is 77.5 cm³/mol. The lowest BCUT2D eigenvalue weighted by Crippen LogP contribution is -2.27. The zero-order valence-corrected chi connectivity index (χ0v) is 10.9. The van der Waals surface area contributed by atoms with Gasteiger partial charge in [-0.1, -0.05) is 30.3 Å². The average Bonchev–Trinajstić information content (AvgIpc) is 2.46. The van der Waals surface area contributed by atoms with Crippen molar-refractivity contribution in [1.82, 2.24) is 4.98 Å². The third kappa shape index (κ3) is 2.34. The molecule has 0 bridgehead atoms. The van der Waals surface area contributed by atoms with Crippen LogP contribution < -0.4 is 11.5 Å². The van der Waals surface area contributed by atoms with Gasteiger partial charge in [-0.2, -0.15) is 0 Å². The monoisotopic (exact) mass is 253 g/mol. The summed E-state index contributed by atoms with van der Waals surface area (Å²) in [4.78, 5) is 4.14. The zero-order valence-electron chi connectivity index (χ0n) is 10.9. The number of rotatable bonds is 2. The summed E-state index contributed by atoms with van der Waals surface area (Å²) < 4.78 is 0. The number of nitrogens with two attached hydrogens (primary N) is 2. The van der Waals surface area contributed by atoms with E-state index in [1.165, 1.54) is 11.1 Å². The summed E-state index contributed by atoms with van der Waals surface area (Å²) in [7, 11) is 0. The van der Waals surface area contributed by atoms with E-state index >= 15 is 0 Å². The lowest BCUT2D eigenvalue weighted by atomic mass is 9.78. The fourth-order valence-corrected chi connectivity index (χ4v) is 3.00. The second-order valence-electron chi connectivity index (χ2n) is 5.28. The molecule has 4 N–H and O–H groups in total. The number of hydrogen-bond acceptors (Lipinski definition) is 3. The van der Waals surface area contributed by atoms with Crippen LogP contribution in [0.4, 0.5) is 5.82 Å². The maximum absolute atomic E-state index is 6.41. The van der Waals surface area contributed by atoms with Crippen LogP contribution in [-0.4, -0.2) is 4.98 Å². The molecule has 1 aliphatic rings. The van der Waals surface area contributed by atoms with E-state index in [1.807, 2.05) is 12.1 Å². The van der Waals surface area contributed by atoms with Crippen molar-refractivity contribution in [2.75, 3.05) is 5.73 Å². The number of aromatic nitrogens is 1. The van der Waals surface area contributed by atoms with Gasteiger partial charge in [-0.15, -0.1) is 0 Å². The predicted octanol–water partition coefficient (Wildman–Crippen LogP) is 2.47. The standard InChI is InChI=1S/C16H19N3/c17-15(14-6-3-9-19-16(14)18)13-8-7-11-4-1-2-5-12(11)10-13/h1-6,9,13,15H,7-8,10,17H2,(H2,18,19). The highest BCUT2D eigenvalue weighted by molar-refractivity contribution is 5.41. The van der Waals surface area contributed by atoms with Crippen LogP contribution in [0.5, 0.6) is 0 Å². The second-order valence-corrected chi connectivity index (χ2v) is 5.28. The fourth-order valence-electron chi connectivity index (χ4n) is 3.00. The molecule has 0 saturated carbocycles. The molecule has 0 amide bonds. The van der Waals surface area contributed by atoms with E-state index in [0.29, 0.717) is 11.7 Å². The van der Waals surface area contributed by atoms with Crippen LogP contribution in [0.1, 0.15) is 29.2 Å². The number of anilines is 1. The zero-order chi connectivity index (χ0) is 13.2. The Morgan fingerprint density at radius 3 is 2.68 bits per heavy atom. The van der Waals surface area contributed by atoms with Crippen LogP contribution in [-0.2, 0) is 12.8 Å². The third-order valence-electron chi connectivity index (χ3n) is 4.12. The lowest BCUT2D eigenvalue weighted by Gasteiger charge is -2.29. The van der Waals surface area contributed by atoms with Gasteiger partial charge in [-0.05, 0) is 42.4 Å². The molecule has 98 valence electrons. The first-order chi connectivity index (χ1) is 9.25. The highest BCUT2D eigenvalue weighted by Gasteiger charge is 2.25. The molecule has 0 aliphatic heterocycles. The van der Waals surface area contributed by atoms with Gasteiger partial charge in [0, 0.05) is 17.8 Å². The van der Waals surface area contributed by atoms with E-state index < -0.39 is 0 Å². The van der Waals surface area contributed by atoms with Crippen molar-refractivity contribution in [1.29, 1.82) is 0 Å². The van der Waals surface area contributed by atoms with Crippen LogP contribution in [0.15, 0.2) is 42.6 Å². The van der Waals surface area contributed by atoms with E-state index in [9.17, 15) is 0 Å². The third-order valence-corrected chi connectivity index (χ3v) is 4.12. The number of aryl methyl sites for hydroxylation is 1. The van der Waals surface area contributed by atoms with Crippen LogP contribution in [0.3, 0.4) is 0 Å². The molecule has 0 spiro atoms. The molecule has 19 heavy (non-hydrogen) atoms. The molecule has 0 saturated heterocycles. The normalized spacial score (nSPS) is 19.7. The molecule has 2 unspecified atom stereocenters. The first kappa shape index (κ1) is 12.2. The smallest absolute Gasteiger partial charge is 0.128 e. The number of fused-ring (bicyclic) bond motifs is 1. The molecule has 2 aromatic rings. The fraction of sp³-hybridized carbons (Fsp3) is 0.312. The van der Waals surface area contributed by atoms with Crippen molar-refractivity contribution < 1.29 is 0 Å². The second kappa shape index (κ2) is 5.02. The summed E-state index contributed by atoms with van der Waals surface area (Å²) in [6.45, 7) is 0. The van der Waals surface area contributed by atoms with Crippen molar-refractivity contribution in [2.45, 2.75) is 25.3 Å². The van der Waals surface area contributed by atoms with Crippen LogP contribution in [0, 0.1) is 5.92 Å². The molecular weight excluding hydrogens is 234 g/mol. The van der Waals surface area contributed by atoms with Gasteiger partial charge in [0.15, 0.2) is 0 Å².